The summed E-state index contributed by atoms with van der Waals surface area (Å²) in [5.74, 6) is 0.210. The Labute approximate surface area is 103 Å². The molecule has 0 saturated heterocycles. The third-order valence-corrected chi connectivity index (χ3v) is 2.28. The summed E-state index contributed by atoms with van der Waals surface area (Å²) in [5.41, 5.74) is -1.10. The van der Waals surface area contributed by atoms with E-state index < -0.39 is 11.2 Å². The van der Waals surface area contributed by atoms with E-state index in [1.165, 1.54) is 23.4 Å². The largest absolute Gasteiger partial charge is 0.328 e. The van der Waals surface area contributed by atoms with Crippen molar-refractivity contribution in [1.82, 2.24) is 14.5 Å². The van der Waals surface area contributed by atoms with Gasteiger partial charge in [0.2, 0.25) is 5.91 Å². The van der Waals surface area contributed by atoms with Gasteiger partial charge in [0.05, 0.1) is 0 Å². The summed E-state index contributed by atoms with van der Waals surface area (Å²) in [4.78, 5) is 37.3. The minimum Gasteiger partial charge on any atom is -0.317 e. The van der Waals surface area contributed by atoms with E-state index in [2.05, 4.69) is 24.2 Å². The standard InChI is InChI=1S/C10H13N3O3S/c1-2-12(5-6-17)9(15)7-13-4-3-8(14)11-10(13)16/h2-4,17H,1,5-7H2,(H,11,14,16). The van der Waals surface area contributed by atoms with Crippen LogP contribution in [0.25, 0.3) is 0 Å². The van der Waals surface area contributed by atoms with Crippen LogP contribution >= 0.6 is 12.6 Å². The summed E-state index contributed by atoms with van der Waals surface area (Å²) in [6.07, 6.45) is 2.66. The lowest BCUT2D eigenvalue weighted by Gasteiger charge is -2.16. The van der Waals surface area contributed by atoms with Crippen LogP contribution in [0.15, 0.2) is 34.6 Å². The molecule has 1 rings (SSSR count). The van der Waals surface area contributed by atoms with Crippen LogP contribution in [0, 0.1) is 0 Å². The van der Waals surface area contributed by atoms with E-state index in [4.69, 9.17) is 0 Å². The zero-order chi connectivity index (χ0) is 12.8. The molecule has 0 aromatic carbocycles. The maximum atomic E-state index is 11.7. The minimum absolute atomic E-state index is 0.143. The fraction of sp³-hybridized carbons (Fsp3) is 0.300. The minimum atomic E-state index is -0.610. The molecule has 1 N–H and O–H groups in total. The van der Waals surface area contributed by atoms with Gasteiger partial charge in [-0.2, -0.15) is 12.6 Å². The third-order valence-electron chi connectivity index (χ3n) is 2.08. The molecule has 0 aliphatic heterocycles. The van der Waals surface area contributed by atoms with Gasteiger partial charge in [-0.3, -0.25) is 19.1 Å². The summed E-state index contributed by atoms with van der Waals surface area (Å²) < 4.78 is 1.12. The van der Waals surface area contributed by atoms with Crippen LogP contribution in [0.4, 0.5) is 0 Å². The first kappa shape index (κ1) is 13.3. The van der Waals surface area contributed by atoms with Crippen molar-refractivity contribution in [3.63, 3.8) is 0 Å². The summed E-state index contributed by atoms with van der Waals surface area (Å²) in [5, 5.41) is 0. The maximum Gasteiger partial charge on any atom is 0.328 e. The van der Waals surface area contributed by atoms with Crippen molar-refractivity contribution in [2.75, 3.05) is 12.3 Å². The molecule has 0 unspecified atom stereocenters. The second-order valence-electron chi connectivity index (χ2n) is 3.23. The molecule has 1 aromatic rings. The lowest BCUT2D eigenvalue weighted by Crippen LogP contribution is -2.36. The number of hydrogen-bond acceptors (Lipinski definition) is 4. The number of rotatable bonds is 5. The van der Waals surface area contributed by atoms with Gasteiger partial charge in [-0.25, -0.2) is 4.79 Å². The number of nitrogens with one attached hydrogen (secondary N) is 1. The van der Waals surface area contributed by atoms with Gasteiger partial charge in [0.25, 0.3) is 5.56 Å². The summed E-state index contributed by atoms with van der Waals surface area (Å²) in [7, 11) is 0. The van der Waals surface area contributed by atoms with Gasteiger partial charge in [-0.15, -0.1) is 0 Å². The topological polar surface area (TPSA) is 75.2 Å². The molecule has 0 spiro atoms. The van der Waals surface area contributed by atoms with E-state index >= 15 is 0 Å². The van der Waals surface area contributed by atoms with E-state index in [-0.39, 0.29) is 12.5 Å². The maximum absolute atomic E-state index is 11.7. The smallest absolute Gasteiger partial charge is 0.317 e. The number of carbonyl (C=O) groups excluding carboxylic acids is 1. The van der Waals surface area contributed by atoms with Crippen molar-refractivity contribution >= 4 is 18.5 Å². The molecule has 6 nitrogen and oxygen atoms in total. The average molecular weight is 255 g/mol. The zero-order valence-corrected chi connectivity index (χ0v) is 10.0. The molecule has 1 aromatic heterocycles. The van der Waals surface area contributed by atoms with Crippen LogP contribution in [-0.4, -0.2) is 32.7 Å². The highest BCUT2D eigenvalue weighted by atomic mass is 32.1. The molecule has 0 bridgehead atoms. The number of thiol groups is 1. The van der Waals surface area contributed by atoms with Gasteiger partial charge in [0.15, 0.2) is 0 Å². The fourth-order valence-corrected chi connectivity index (χ4v) is 1.45. The van der Waals surface area contributed by atoms with Crippen LogP contribution in [0.3, 0.4) is 0 Å². The van der Waals surface area contributed by atoms with Gasteiger partial charge in [-0.05, 0) is 6.20 Å². The molecular weight excluding hydrogens is 242 g/mol. The summed E-state index contributed by atoms with van der Waals surface area (Å²) in [6, 6.07) is 1.19. The van der Waals surface area contributed by atoms with E-state index in [0.717, 1.165) is 4.57 Å². The highest BCUT2D eigenvalue weighted by molar-refractivity contribution is 7.80. The highest BCUT2D eigenvalue weighted by Gasteiger charge is 2.10. The molecule has 0 fully saturated rings. The normalized spacial score (nSPS) is 9.94. The molecular formula is C10H13N3O3S. The first-order valence-corrected chi connectivity index (χ1v) is 5.54. The first-order valence-electron chi connectivity index (χ1n) is 4.91. The Balaban J connectivity index is 2.83. The number of aromatic nitrogens is 2. The fourth-order valence-electron chi connectivity index (χ4n) is 1.23. The van der Waals surface area contributed by atoms with Gasteiger partial charge in [-0.1, -0.05) is 6.58 Å². The molecule has 0 aliphatic carbocycles. The number of carbonyl (C=O) groups is 1. The summed E-state index contributed by atoms with van der Waals surface area (Å²) >= 11 is 4.01. The average Bonchev–Trinajstić information content (AvgIpc) is 2.29. The predicted molar refractivity (Wildman–Crippen MR) is 67.1 cm³/mol. The number of H-pyrrole nitrogens is 1. The number of amides is 1. The van der Waals surface area contributed by atoms with E-state index in [9.17, 15) is 14.4 Å². The molecule has 17 heavy (non-hydrogen) atoms. The van der Waals surface area contributed by atoms with Crippen LogP contribution in [0.2, 0.25) is 0 Å². The van der Waals surface area contributed by atoms with Gasteiger partial charge in [0.1, 0.15) is 6.54 Å². The van der Waals surface area contributed by atoms with Crippen molar-refractivity contribution in [3.8, 4) is 0 Å². The van der Waals surface area contributed by atoms with Gasteiger partial charge >= 0.3 is 5.69 Å². The second-order valence-corrected chi connectivity index (χ2v) is 3.68. The van der Waals surface area contributed by atoms with Crippen molar-refractivity contribution < 1.29 is 4.79 Å². The molecule has 0 aliphatic rings. The van der Waals surface area contributed by atoms with Crippen LogP contribution in [-0.2, 0) is 11.3 Å². The molecule has 92 valence electrons. The first-order chi connectivity index (χ1) is 8.08. The van der Waals surface area contributed by atoms with Crippen LogP contribution < -0.4 is 11.2 Å². The molecule has 0 saturated carbocycles. The Kier molecular flexibility index (Phi) is 4.77. The number of hydrogen-bond donors (Lipinski definition) is 2. The molecule has 0 radical (unpaired) electrons. The van der Waals surface area contributed by atoms with Crippen LogP contribution in [0.5, 0.6) is 0 Å². The van der Waals surface area contributed by atoms with Crippen LogP contribution in [0.1, 0.15) is 0 Å². The second kappa shape index (κ2) is 6.09. The molecule has 7 heteroatoms. The SMILES string of the molecule is C=CN(CCS)C(=O)Cn1ccc(=O)[nH]c1=O. The Morgan fingerprint density at radius 3 is 2.82 bits per heavy atom. The molecule has 1 heterocycles. The zero-order valence-electron chi connectivity index (χ0n) is 9.13. The Morgan fingerprint density at radius 1 is 1.59 bits per heavy atom. The lowest BCUT2D eigenvalue weighted by molar-refractivity contribution is -0.129. The predicted octanol–water partition coefficient (Wildman–Crippen LogP) is -0.561. The summed E-state index contributed by atoms with van der Waals surface area (Å²) in [6.45, 7) is 3.78. The van der Waals surface area contributed by atoms with Crippen molar-refractivity contribution in [3.05, 3.63) is 45.9 Å². The van der Waals surface area contributed by atoms with Gasteiger partial charge in [0, 0.05) is 24.6 Å². The Bertz CT molecular complexity index is 520. The van der Waals surface area contributed by atoms with E-state index in [1.807, 2.05) is 0 Å². The Hall–Kier alpha value is -1.76. The van der Waals surface area contributed by atoms with Crippen molar-refractivity contribution in [1.29, 1.82) is 0 Å². The van der Waals surface area contributed by atoms with E-state index in [1.54, 1.807) is 0 Å². The van der Waals surface area contributed by atoms with Crippen molar-refractivity contribution in [2.45, 2.75) is 6.54 Å². The third kappa shape index (κ3) is 3.63. The molecule has 1 amide bonds. The highest BCUT2D eigenvalue weighted by Crippen LogP contribution is 1.93. The molecule has 0 atom stereocenters. The Morgan fingerprint density at radius 2 is 2.29 bits per heavy atom. The number of nitrogens with zero attached hydrogens (tertiary/aromatic N) is 2. The van der Waals surface area contributed by atoms with Gasteiger partial charge < -0.3 is 4.90 Å². The lowest BCUT2D eigenvalue weighted by atomic mass is 10.4. The quantitative estimate of drug-likeness (QED) is 0.692. The monoisotopic (exact) mass is 255 g/mol. The van der Waals surface area contributed by atoms with Crippen molar-refractivity contribution in [2.24, 2.45) is 0 Å². The van der Waals surface area contributed by atoms with E-state index in [0.29, 0.717) is 12.3 Å². The number of aromatic amines is 1.